The van der Waals surface area contributed by atoms with Crippen LogP contribution in [-0.4, -0.2) is 34.0 Å². The van der Waals surface area contributed by atoms with Crippen molar-refractivity contribution in [1.29, 1.82) is 0 Å². The van der Waals surface area contributed by atoms with Crippen LogP contribution in [-0.2, 0) is 9.59 Å². The van der Waals surface area contributed by atoms with Gasteiger partial charge >= 0.3 is 5.97 Å². The van der Waals surface area contributed by atoms with Crippen molar-refractivity contribution in [1.82, 2.24) is 5.32 Å². The maximum atomic E-state index is 12.2. The van der Waals surface area contributed by atoms with Crippen LogP contribution in [0.5, 0.6) is 0 Å². The second-order valence-corrected chi connectivity index (χ2v) is 6.25. The molecular formula is C16H21N3O5. The van der Waals surface area contributed by atoms with Gasteiger partial charge in [-0.05, 0) is 37.7 Å². The molecular weight excluding hydrogens is 314 g/mol. The minimum atomic E-state index is -1.24. The highest BCUT2D eigenvalue weighted by Crippen LogP contribution is 2.32. The van der Waals surface area contributed by atoms with Gasteiger partial charge in [0.1, 0.15) is 11.2 Å². The van der Waals surface area contributed by atoms with E-state index in [4.69, 9.17) is 0 Å². The first-order valence-corrected chi connectivity index (χ1v) is 7.86. The third-order valence-electron chi connectivity index (χ3n) is 4.46. The summed E-state index contributed by atoms with van der Waals surface area (Å²) in [6.45, 7) is 1.83. The number of aliphatic carboxylic acids is 1. The fraction of sp³-hybridized carbons (Fsp3) is 0.500. The summed E-state index contributed by atoms with van der Waals surface area (Å²) < 4.78 is 0. The first-order chi connectivity index (χ1) is 11.3. The Morgan fingerprint density at radius 1 is 1.33 bits per heavy atom. The van der Waals surface area contributed by atoms with Crippen LogP contribution in [0.15, 0.2) is 24.3 Å². The van der Waals surface area contributed by atoms with Gasteiger partial charge in [-0.15, -0.1) is 0 Å². The Labute approximate surface area is 139 Å². The molecule has 8 heteroatoms. The topological polar surface area (TPSA) is 122 Å². The molecule has 8 nitrogen and oxygen atoms in total. The lowest BCUT2D eigenvalue weighted by Gasteiger charge is -2.36. The van der Waals surface area contributed by atoms with E-state index in [1.54, 1.807) is 6.07 Å². The Morgan fingerprint density at radius 2 is 1.96 bits per heavy atom. The van der Waals surface area contributed by atoms with E-state index in [-0.39, 0.29) is 17.9 Å². The number of hydrogen-bond acceptors (Lipinski definition) is 5. The van der Waals surface area contributed by atoms with Gasteiger partial charge in [0.2, 0.25) is 5.91 Å². The zero-order valence-corrected chi connectivity index (χ0v) is 13.4. The zero-order valence-electron chi connectivity index (χ0n) is 13.4. The van der Waals surface area contributed by atoms with E-state index in [0.717, 1.165) is 12.8 Å². The van der Waals surface area contributed by atoms with Crippen molar-refractivity contribution in [2.75, 3.05) is 11.9 Å². The van der Waals surface area contributed by atoms with Gasteiger partial charge in [0, 0.05) is 6.07 Å². The summed E-state index contributed by atoms with van der Waals surface area (Å²) in [7, 11) is 0. The molecule has 130 valence electrons. The summed E-state index contributed by atoms with van der Waals surface area (Å²) >= 11 is 0. The molecule has 3 N–H and O–H groups in total. The Bertz CT molecular complexity index is 638. The molecule has 0 aromatic heterocycles. The molecule has 24 heavy (non-hydrogen) atoms. The number of nitrogens with one attached hydrogen (secondary N) is 2. The number of benzene rings is 1. The summed E-state index contributed by atoms with van der Waals surface area (Å²) in [5.41, 5.74) is -1.16. The SMILES string of the molecule is CC1CCC(NC(=O)CNc2ccccc2[N+](=O)[O-])(C(=O)O)CC1. The quantitative estimate of drug-likeness (QED) is 0.541. The lowest BCUT2D eigenvalue weighted by Crippen LogP contribution is -2.57. The maximum Gasteiger partial charge on any atom is 0.329 e. The molecule has 0 spiro atoms. The number of carboxylic acid groups (broad SMARTS) is 1. The van der Waals surface area contributed by atoms with Crippen molar-refractivity contribution >= 4 is 23.3 Å². The highest BCUT2D eigenvalue weighted by atomic mass is 16.6. The molecule has 0 heterocycles. The van der Waals surface area contributed by atoms with Crippen LogP contribution in [0.1, 0.15) is 32.6 Å². The molecule has 0 aliphatic heterocycles. The Balaban J connectivity index is 2.00. The highest BCUT2D eigenvalue weighted by molar-refractivity contribution is 5.89. The van der Waals surface area contributed by atoms with Gasteiger partial charge in [-0.2, -0.15) is 0 Å². The average molecular weight is 335 g/mol. The average Bonchev–Trinajstić information content (AvgIpc) is 2.55. The number of nitro groups is 1. The third-order valence-corrected chi connectivity index (χ3v) is 4.46. The number of nitro benzene ring substituents is 1. The van der Waals surface area contributed by atoms with Crippen molar-refractivity contribution in [2.24, 2.45) is 5.92 Å². The highest BCUT2D eigenvalue weighted by Gasteiger charge is 2.42. The molecule has 1 saturated carbocycles. The van der Waals surface area contributed by atoms with Crippen LogP contribution in [0.25, 0.3) is 0 Å². The van der Waals surface area contributed by atoms with E-state index in [1.165, 1.54) is 18.2 Å². The lowest BCUT2D eigenvalue weighted by molar-refractivity contribution is -0.383. The Morgan fingerprint density at radius 3 is 2.54 bits per heavy atom. The third kappa shape index (κ3) is 4.01. The van der Waals surface area contributed by atoms with Crippen LogP contribution in [0.4, 0.5) is 11.4 Å². The van der Waals surface area contributed by atoms with Gasteiger partial charge in [0.05, 0.1) is 11.5 Å². The normalized spacial score (nSPS) is 23.3. The molecule has 0 saturated heterocycles. The molecule has 1 fully saturated rings. The largest absolute Gasteiger partial charge is 0.480 e. The van der Waals surface area contributed by atoms with Crippen molar-refractivity contribution in [3.8, 4) is 0 Å². The van der Waals surface area contributed by atoms with E-state index in [9.17, 15) is 24.8 Å². The smallest absolute Gasteiger partial charge is 0.329 e. The van der Waals surface area contributed by atoms with Crippen LogP contribution in [0, 0.1) is 16.0 Å². The molecule has 0 unspecified atom stereocenters. The number of nitrogens with zero attached hydrogens (tertiary/aromatic N) is 1. The summed E-state index contributed by atoms with van der Waals surface area (Å²) in [6.07, 6.45) is 2.26. The second kappa shape index (κ2) is 7.29. The summed E-state index contributed by atoms with van der Waals surface area (Å²) in [4.78, 5) is 34.2. The van der Waals surface area contributed by atoms with Gasteiger partial charge in [0.25, 0.3) is 5.69 Å². The predicted molar refractivity (Wildman–Crippen MR) is 87.7 cm³/mol. The number of rotatable bonds is 6. The van der Waals surface area contributed by atoms with Gasteiger partial charge in [-0.3, -0.25) is 14.9 Å². The second-order valence-electron chi connectivity index (χ2n) is 6.25. The van der Waals surface area contributed by atoms with Crippen LogP contribution >= 0.6 is 0 Å². The molecule has 1 amide bonds. The van der Waals surface area contributed by atoms with Gasteiger partial charge in [-0.25, -0.2) is 4.79 Å². The Kier molecular flexibility index (Phi) is 5.38. The van der Waals surface area contributed by atoms with Crippen molar-refractivity contribution in [3.63, 3.8) is 0 Å². The summed E-state index contributed by atoms with van der Waals surface area (Å²) in [5, 5.41) is 25.7. The fourth-order valence-corrected chi connectivity index (χ4v) is 2.92. The Hall–Kier alpha value is -2.64. The van der Waals surface area contributed by atoms with Crippen LogP contribution in [0.2, 0.25) is 0 Å². The van der Waals surface area contributed by atoms with E-state index in [2.05, 4.69) is 17.6 Å². The van der Waals surface area contributed by atoms with Crippen molar-refractivity contribution < 1.29 is 19.6 Å². The number of carbonyl (C=O) groups is 2. The molecule has 0 bridgehead atoms. The molecule has 1 aromatic carbocycles. The minimum absolute atomic E-state index is 0.135. The van der Waals surface area contributed by atoms with E-state index in [1.807, 2.05) is 0 Å². The number of amides is 1. The standard InChI is InChI=1S/C16H21N3O5/c1-11-6-8-16(9-7-11,15(21)22)18-14(20)10-17-12-4-2-3-5-13(12)19(23)24/h2-5,11,17H,6-10H2,1H3,(H,18,20)(H,21,22). The molecule has 0 atom stereocenters. The molecule has 2 rings (SSSR count). The fourth-order valence-electron chi connectivity index (χ4n) is 2.92. The first kappa shape index (κ1) is 17.7. The summed E-state index contributed by atoms with van der Waals surface area (Å²) in [5.74, 6) is -1.09. The molecule has 1 aromatic rings. The molecule has 0 radical (unpaired) electrons. The number of carboxylic acids is 1. The van der Waals surface area contributed by atoms with E-state index >= 15 is 0 Å². The zero-order chi connectivity index (χ0) is 17.7. The lowest BCUT2D eigenvalue weighted by atomic mass is 9.77. The van der Waals surface area contributed by atoms with Gasteiger partial charge in [-0.1, -0.05) is 19.1 Å². The van der Waals surface area contributed by atoms with E-state index in [0.29, 0.717) is 18.8 Å². The van der Waals surface area contributed by atoms with E-state index < -0.39 is 22.3 Å². The number of para-hydroxylation sites is 2. The first-order valence-electron chi connectivity index (χ1n) is 7.86. The van der Waals surface area contributed by atoms with Crippen LogP contribution in [0.3, 0.4) is 0 Å². The molecule has 1 aliphatic rings. The number of anilines is 1. The van der Waals surface area contributed by atoms with Crippen molar-refractivity contribution in [3.05, 3.63) is 34.4 Å². The number of hydrogen-bond donors (Lipinski definition) is 3. The minimum Gasteiger partial charge on any atom is -0.480 e. The maximum absolute atomic E-state index is 12.2. The molecule has 1 aliphatic carbocycles. The van der Waals surface area contributed by atoms with Crippen LogP contribution < -0.4 is 10.6 Å². The van der Waals surface area contributed by atoms with Crippen molar-refractivity contribution in [2.45, 2.75) is 38.1 Å². The van der Waals surface area contributed by atoms with Gasteiger partial charge in [0.15, 0.2) is 0 Å². The summed E-state index contributed by atoms with van der Waals surface area (Å²) in [6, 6.07) is 5.99. The van der Waals surface area contributed by atoms with Gasteiger partial charge < -0.3 is 15.7 Å². The predicted octanol–water partition coefficient (Wildman–Crippen LogP) is 2.16. The monoisotopic (exact) mass is 335 g/mol. The number of carbonyl (C=O) groups excluding carboxylic acids is 1.